The lowest BCUT2D eigenvalue weighted by Crippen LogP contribution is -2.40. The van der Waals surface area contributed by atoms with Crippen molar-refractivity contribution in [3.63, 3.8) is 0 Å². The molecule has 3 nitrogen and oxygen atoms in total. The summed E-state index contributed by atoms with van der Waals surface area (Å²) in [6.07, 6.45) is -0.590. The number of carbonyl (C=O) groups is 1. The number of ether oxygens (including phenoxy) is 1. The maximum atomic E-state index is 12.6. The highest BCUT2D eigenvalue weighted by Gasteiger charge is 2.14. The van der Waals surface area contributed by atoms with E-state index in [1.54, 1.807) is 6.92 Å². The summed E-state index contributed by atoms with van der Waals surface area (Å²) in [4.78, 5) is 11.5. The Morgan fingerprint density at radius 2 is 1.81 bits per heavy atom. The second kappa shape index (κ2) is 5.49. The molecule has 1 N–H and O–H groups in total. The van der Waals surface area contributed by atoms with Crippen LogP contribution in [0.15, 0.2) is 24.3 Å². The predicted octanol–water partition coefficient (Wildman–Crippen LogP) is 2.12. The van der Waals surface area contributed by atoms with E-state index in [0.29, 0.717) is 5.75 Å². The minimum absolute atomic E-state index is 0.0757. The molecule has 0 aliphatic heterocycles. The molecule has 0 bridgehead atoms. The highest BCUT2D eigenvalue weighted by molar-refractivity contribution is 5.80. The summed E-state index contributed by atoms with van der Waals surface area (Å²) in [6, 6.07) is 5.65. The number of nitrogens with one attached hydrogen (secondary N) is 1. The van der Waals surface area contributed by atoms with Crippen LogP contribution >= 0.6 is 0 Å². The van der Waals surface area contributed by atoms with Crippen LogP contribution in [0.25, 0.3) is 0 Å². The van der Waals surface area contributed by atoms with Gasteiger partial charge in [0.05, 0.1) is 0 Å². The second-order valence-electron chi connectivity index (χ2n) is 3.88. The summed E-state index contributed by atoms with van der Waals surface area (Å²) in [7, 11) is 0. The average Bonchev–Trinajstić information content (AvgIpc) is 2.20. The van der Waals surface area contributed by atoms with Crippen molar-refractivity contribution >= 4 is 5.91 Å². The van der Waals surface area contributed by atoms with Gasteiger partial charge < -0.3 is 10.1 Å². The van der Waals surface area contributed by atoms with E-state index in [-0.39, 0.29) is 17.8 Å². The Morgan fingerprint density at radius 1 is 1.25 bits per heavy atom. The van der Waals surface area contributed by atoms with Gasteiger partial charge in [-0.25, -0.2) is 4.39 Å². The number of benzene rings is 1. The highest BCUT2D eigenvalue weighted by atomic mass is 19.1. The van der Waals surface area contributed by atoms with E-state index in [4.69, 9.17) is 4.74 Å². The van der Waals surface area contributed by atoms with Crippen molar-refractivity contribution in [3.8, 4) is 5.75 Å². The third-order valence-corrected chi connectivity index (χ3v) is 1.93. The molecule has 0 aliphatic rings. The van der Waals surface area contributed by atoms with Gasteiger partial charge in [-0.05, 0) is 45.0 Å². The predicted molar refractivity (Wildman–Crippen MR) is 59.8 cm³/mol. The molecule has 1 amide bonds. The van der Waals surface area contributed by atoms with Crippen LogP contribution in [0.4, 0.5) is 4.39 Å². The molecule has 1 aromatic rings. The quantitative estimate of drug-likeness (QED) is 0.852. The Morgan fingerprint density at radius 3 is 2.31 bits per heavy atom. The monoisotopic (exact) mass is 225 g/mol. The SMILES string of the molecule is CC(C)NC(=O)[C@H](C)Oc1ccc(F)cc1. The largest absolute Gasteiger partial charge is 0.481 e. The van der Waals surface area contributed by atoms with E-state index in [2.05, 4.69) is 5.32 Å². The molecule has 0 aliphatic carbocycles. The van der Waals surface area contributed by atoms with E-state index < -0.39 is 6.10 Å². The summed E-state index contributed by atoms with van der Waals surface area (Å²) in [6.45, 7) is 5.41. The van der Waals surface area contributed by atoms with Gasteiger partial charge in [0, 0.05) is 6.04 Å². The smallest absolute Gasteiger partial charge is 0.260 e. The molecule has 0 unspecified atom stereocenters. The molecule has 0 saturated heterocycles. The molecular weight excluding hydrogens is 209 g/mol. The molecule has 0 aromatic heterocycles. The van der Waals surface area contributed by atoms with E-state index in [1.165, 1.54) is 24.3 Å². The molecule has 0 radical (unpaired) electrons. The van der Waals surface area contributed by atoms with Crippen molar-refractivity contribution in [2.24, 2.45) is 0 Å². The Labute approximate surface area is 94.6 Å². The fourth-order valence-corrected chi connectivity index (χ4v) is 1.17. The highest BCUT2D eigenvalue weighted by Crippen LogP contribution is 2.12. The van der Waals surface area contributed by atoms with Crippen molar-refractivity contribution < 1.29 is 13.9 Å². The van der Waals surface area contributed by atoms with Crippen molar-refractivity contribution in [2.45, 2.75) is 32.9 Å². The van der Waals surface area contributed by atoms with Crippen LogP contribution in [0.5, 0.6) is 5.75 Å². The van der Waals surface area contributed by atoms with Crippen molar-refractivity contribution in [1.29, 1.82) is 0 Å². The fourth-order valence-electron chi connectivity index (χ4n) is 1.17. The van der Waals surface area contributed by atoms with E-state index >= 15 is 0 Å². The van der Waals surface area contributed by atoms with Crippen LogP contribution in [0.3, 0.4) is 0 Å². The van der Waals surface area contributed by atoms with Crippen molar-refractivity contribution in [1.82, 2.24) is 5.32 Å². The zero-order valence-electron chi connectivity index (χ0n) is 9.66. The fraction of sp³-hybridized carbons (Fsp3) is 0.417. The van der Waals surface area contributed by atoms with Gasteiger partial charge in [0.2, 0.25) is 0 Å². The lowest BCUT2D eigenvalue weighted by Gasteiger charge is -2.16. The Balaban J connectivity index is 2.53. The topological polar surface area (TPSA) is 38.3 Å². The van der Waals surface area contributed by atoms with Crippen LogP contribution in [-0.4, -0.2) is 18.1 Å². The van der Waals surface area contributed by atoms with E-state index in [0.717, 1.165) is 0 Å². The molecule has 1 aromatic carbocycles. The van der Waals surface area contributed by atoms with Crippen LogP contribution in [0.1, 0.15) is 20.8 Å². The zero-order chi connectivity index (χ0) is 12.1. The molecule has 16 heavy (non-hydrogen) atoms. The summed E-state index contributed by atoms with van der Waals surface area (Å²) >= 11 is 0. The van der Waals surface area contributed by atoms with Crippen LogP contribution in [0, 0.1) is 5.82 Å². The third-order valence-electron chi connectivity index (χ3n) is 1.93. The van der Waals surface area contributed by atoms with Crippen LogP contribution < -0.4 is 10.1 Å². The van der Waals surface area contributed by atoms with Crippen molar-refractivity contribution in [3.05, 3.63) is 30.1 Å². The maximum Gasteiger partial charge on any atom is 0.260 e. The molecule has 4 heteroatoms. The first-order valence-corrected chi connectivity index (χ1v) is 5.21. The van der Waals surface area contributed by atoms with Gasteiger partial charge in [0.25, 0.3) is 5.91 Å². The number of amides is 1. The minimum Gasteiger partial charge on any atom is -0.481 e. The summed E-state index contributed by atoms with van der Waals surface area (Å²) in [5, 5.41) is 2.74. The minimum atomic E-state index is -0.590. The second-order valence-corrected chi connectivity index (χ2v) is 3.88. The first-order valence-electron chi connectivity index (χ1n) is 5.21. The van der Waals surface area contributed by atoms with Crippen LogP contribution in [-0.2, 0) is 4.79 Å². The summed E-state index contributed by atoms with van der Waals surface area (Å²) < 4.78 is 18.0. The first kappa shape index (κ1) is 12.5. The van der Waals surface area contributed by atoms with Gasteiger partial charge in [-0.15, -0.1) is 0 Å². The van der Waals surface area contributed by atoms with Gasteiger partial charge in [0.1, 0.15) is 11.6 Å². The van der Waals surface area contributed by atoms with Crippen LogP contribution in [0.2, 0.25) is 0 Å². The number of halogens is 1. The molecule has 1 atom stereocenters. The molecule has 0 saturated carbocycles. The molecule has 88 valence electrons. The number of carbonyl (C=O) groups excluding carboxylic acids is 1. The summed E-state index contributed by atoms with van der Waals surface area (Å²) in [5.41, 5.74) is 0. The molecule has 0 fully saturated rings. The molecule has 1 rings (SSSR count). The van der Waals surface area contributed by atoms with Gasteiger partial charge in [0.15, 0.2) is 6.10 Å². The summed E-state index contributed by atoms with van der Waals surface area (Å²) in [5.74, 6) is -0.0289. The van der Waals surface area contributed by atoms with Gasteiger partial charge >= 0.3 is 0 Å². The Bertz CT molecular complexity index is 349. The maximum absolute atomic E-state index is 12.6. The molecule has 0 heterocycles. The Hall–Kier alpha value is -1.58. The average molecular weight is 225 g/mol. The first-order chi connectivity index (χ1) is 7.49. The number of hydrogen-bond donors (Lipinski definition) is 1. The lowest BCUT2D eigenvalue weighted by molar-refractivity contribution is -0.127. The van der Waals surface area contributed by atoms with Crippen molar-refractivity contribution in [2.75, 3.05) is 0 Å². The third kappa shape index (κ3) is 3.88. The molecule has 0 spiro atoms. The van der Waals surface area contributed by atoms with Gasteiger partial charge in [-0.1, -0.05) is 0 Å². The number of hydrogen-bond acceptors (Lipinski definition) is 2. The normalized spacial score (nSPS) is 12.3. The standard InChI is InChI=1S/C12H16FNO2/c1-8(2)14-12(15)9(3)16-11-6-4-10(13)5-7-11/h4-9H,1-3H3,(H,14,15)/t9-/m0/s1. The van der Waals surface area contributed by atoms with Gasteiger partial charge in [-0.3, -0.25) is 4.79 Å². The number of rotatable bonds is 4. The Kier molecular flexibility index (Phi) is 4.28. The zero-order valence-corrected chi connectivity index (χ0v) is 9.66. The van der Waals surface area contributed by atoms with E-state index in [1.807, 2.05) is 13.8 Å². The van der Waals surface area contributed by atoms with Gasteiger partial charge in [-0.2, -0.15) is 0 Å². The van der Waals surface area contributed by atoms with E-state index in [9.17, 15) is 9.18 Å². The molecular formula is C12H16FNO2. The lowest BCUT2D eigenvalue weighted by atomic mass is 10.3.